The van der Waals surface area contributed by atoms with E-state index < -0.39 is 5.82 Å². The summed E-state index contributed by atoms with van der Waals surface area (Å²) >= 11 is 0. The highest BCUT2D eigenvalue weighted by molar-refractivity contribution is 5.79. The molecule has 0 atom stereocenters. The first-order valence-corrected chi connectivity index (χ1v) is 6.21. The van der Waals surface area contributed by atoms with E-state index in [0.717, 1.165) is 5.52 Å². The number of imidazole rings is 1. The molecular formula is C14H13FN4O. The van der Waals surface area contributed by atoms with Gasteiger partial charge in [-0.2, -0.15) is 0 Å². The summed E-state index contributed by atoms with van der Waals surface area (Å²) < 4.78 is 20.8. The largest absolute Gasteiger partial charge is 0.491 e. The van der Waals surface area contributed by atoms with Crippen LogP contribution in [0.1, 0.15) is 6.92 Å². The van der Waals surface area contributed by atoms with E-state index in [1.807, 2.05) is 6.92 Å². The van der Waals surface area contributed by atoms with Crippen molar-refractivity contribution in [1.82, 2.24) is 14.5 Å². The van der Waals surface area contributed by atoms with E-state index in [-0.39, 0.29) is 11.7 Å². The number of rotatable bonds is 3. The fourth-order valence-electron chi connectivity index (χ4n) is 2.12. The van der Waals surface area contributed by atoms with Crippen molar-refractivity contribution in [2.75, 3.05) is 12.3 Å². The van der Waals surface area contributed by atoms with Gasteiger partial charge in [0.25, 0.3) is 0 Å². The highest BCUT2D eigenvalue weighted by Crippen LogP contribution is 2.26. The van der Waals surface area contributed by atoms with E-state index in [2.05, 4.69) is 9.97 Å². The average Bonchev–Trinajstić information content (AvgIpc) is 2.77. The number of aromatic nitrogens is 3. The lowest BCUT2D eigenvalue weighted by atomic mass is 10.2. The summed E-state index contributed by atoms with van der Waals surface area (Å²) in [5.74, 6) is 0.0807. The molecule has 3 aromatic rings. The molecule has 2 heterocycles. The van der Waals surface area contributed by atoms with Gasteiger partial charge in [-0.05, 0) is 25.1 Å². The normalized spacial score (nSPS) is 10.9. The van der Waals surface area contributed by atoms with Crippen LogP contribution in [-0.4, -0.2) is 21.1 Å². The van der Waals surface area contributed by atoms with Gasteiger partial charge in [0.15, 0.2) is 11.6 Å². The van der Waals surface area contributed by atoms with Crippen LogP contribution in [0.3, 0.4) is 0 Å². The molecule has 0 aliphatic carbocycles. The minimum atomic E-state index is -0.431. The molecular weight excluding hydrogens is 259 g/mol. The number of ether oxygens (including phenoxy) is 1. The van der Waals surface area contributed by atoms with E-state index in [4.69, 9.17) is 10.5 Å². The molecule has 0 saturated heterocycles. The monoisotopic (exact) mass is 272 g/mol. The molecule has 20 heavy (non-hydrogen) atoms. The second-order valence-corrected chi connectivity index (χ2v) is 4.22. The number of nitrogen functional groups attached to an aromatic ring is 1. The summed E-state index contributed by atoms with van der Waals surface area (Å²) in [7, 11) is 0. The van der Waals surface area contributed by atoms with Gasteiger partial charge in [0.2, 0.25) is 5.95 Å². The van der Waals surface area contributed by atoms with Crippen molar-refractivity contribution >= 4 is 17.0 Å². The Morgan fingerprint density at radius 2 is 2.20 bits per heavy atom. The third-order valence-corrected chi connectivity index (χ3v) is 2.96. The highest BCUT2D eigenvalue weighted by Gasteiger charge is 2.12. The zero-order valence-corrected chi connectivity index (χ0v) is 10.9. The standard InChI is InChI=1S/C14H13FN4O/c1-2-20-13-4-3-9(7-10(13)15)19-12-5-6-17-8-11(12)18-14(19)16/h3-8H,2H2,1H3,(H2,16,18). The Labute approximate surface area is 114 Å². The molecule has 0 saturated carbocycles. The Morgan fingerprint density at radius 1 is 1.35 bits per heavy atom. The fourth-order valence-corrected chi connectivity index (χ4v) is 2.12. The molecule has 0 bridgehead atoms. The second-order valence-electron chi connectivity index (χ2n) is 4.22. The fraction of sp³-hybridized carbons (Fsp3) is 0.143. The molecule has 2 N–H and O–H groups in total. The van der Waals surface area contributed by atoms with E-state index in [1.165, 1.54) is 6.07 Å². The quantitative estimate of drug-likeness (QED) is 0.795. The van der Waals surface area contributed by atoms with Crippen molar-refractivity contribution in [3.05, 3.63) is 42.5 Å². The van der Waals surface area contributed by atoms with Crippen molar-refractivity contribution in [2.45, 2.75) is 6.92 Å². The topological polar surface area (TPSA) is 66.0 Å². The lowest BCUT2D eigenvalue weighted by Gasteiger charge is -2.09. The number of fused-ring (bicyclic) bond motifs is 1. The van der Waals surface area contributed by atoms with Crippen LogP contribution in [0.4, 0.5) is 10.3 Å². The molecule has 2 aromatic heterocycles. The van der Waals surface area contributed by atoms with Crippen LogP contribution in [0.25, 0.3) is 16.7 Å². The van der Waals surface area contributed by atoms with Crippen molar-refractivity contribution in [3.8, 4) is 11.4 Å². The molecule has 6 heteroatoms. The maximum Gasteiger partial charge on any atom is 0.205 e. The molecule has 0 amide bonds. The van der Waals surface area contributed by atoms with Crippen LogP contribution < -0.4 is 10.5 Å². The van der Waals surface area contributed by atoms with Gasteiger partial charge in [-0.3, -0.25) is 9.55 Å². The van der Waals surface area contributed by atoms with Gasteiger partial charge >= 0.3 is 0 Å². The maximum atomic E-state index is 13.9. The number of hydrogen-bond donors (Lipinski definition) is 1. The first-order chi connectivity index (χ1) is 9.70. The van der Waals surface area contributed by atoms with Crippen LogP contribution >= 0.6 is 0 Å². The molecule has 5 nitrogen and oxygen atoms in total. The van der Waals surface area contributed by atoms with Crippen LogP contribution in [0.5, 0.6) is 5.75 Å². The van der Waals surface area contributed by atoms with Gasteiger partial charge in [-0.15, -0.1) is 0 Å². The van der Waals surface area contributed by atoms with Gasteiger partial charge in [-0.25, -0.2) is 9.37 Å². The average molecular weight is 272 g/mol. The van der Waals surface area contributed by atoms with Gasteiger partial charge in [0, 0.05) is 12.3 Å². The van der Waals surface area contributed by atoms with Crippen LogP contribution in [0, 0.1) is 5.82 Å². The molecule has 0 aliphatic rings. The third-order valence-electron chi connectivity index (χ3n) is 2.96. The predicted octanol–water partition coefficient (Wildman–Crippen LogP) is 2.54. The molecule has 1 aromatic carbocycles. The predicted molar refractivity (Wildman–Crippen MR) is 74.4 cm³/mol. The molecule has 0 spiro atoms. The molecule has 102 valence electrons. The van der Waals surface area contributed by atoms with E-state index >= 15 is 0 Å². The van der Waals surface area contributed by atoms with Gasteiger partial charge in [-0.1, -0.05) is 0 Å². The molecule has 0 fully saturated rings. The number of nitrogens with two attached hydrogens (primary N) is 1. The number of benzene rings is 1. The zero-order chi connectivity index (χ0) is 14.1. The third kappa shape index (κ3) is 1.95. The summed E-state index contributed by atoms with van der Waals surface area (Å²) in [6.45, 7) is 2.22. The van der Waals surface area contributed by atoms with E-state index in [1.54, 1.807) is 35.2 Å². The lowest BCUT2D eigenvalue weighted by molar-refractivity contribution is 0.321. The summed E-state index contributed by atoms with van der Waals surface area (Å²) in [6, 6.07) is 6.49. The Bertz CT molecular complexity index is 769. The number of pyridine rings is 1. The second kappa shape index (κ2) is 4.80. The molecule has 0 radical (unpaired) electrons. The lowest BCUT2D eigenvalue weighted by Crippen LogP contribution is -2.02. The molecule has 0 aliphatic heterocycles. The van der Waals surface area contributed by atoms with Crippen LogP contribution in [0.2, 0.25) is 0 Å². The Balaban J connectivity index is 2.16. The first kappa shape index (κ1) is 12.4. The Hall–Kier alpha value is -2.63. The minimum Gasteiger partial charge on any atom is -0.491 e. The van der Waals surface area contributed by atoms with Gasteiger partial charge in [0.05, 0.1) is 24.0 Å². The Kier molecular flexibility index (Phi) is 2.98. The van der Waals surface area contributed by atoms with Gasteiger partial charge in [0.1, 0.15) is 5.52 Å². The number of anilines is 1. The van der Waals surface area contributed by atoms with Crippen molar-refractivity contribution < 1.29 is 9.13 Å². The number of nitrogens with zero attached hydrogens (tertiary/aromatic N) is 3. The van der Waals surface area contributed by atoms with Crippen LogP contribution in [-0.2, 0) is 0 Å². The summed E-state index contributed by atoms with van der Waals surface area (Å²) in [4.78, 5) is 8.19. The summed E-state index contributed by atoms with van der Waals surface area (Å²) in [5, 5.41) is 0. The summed E-state index contributed by atoms with van der Waals surface area (Å²) in [5.41, 5.74) is 7.94. The van der Waals surface area contributed by atoms with E-state index in [0.29, 0.717) is 17.8 Å². The minimum absolute atomic E-state index is 0.223. The summed E-state index contributed by atoms with van der Waals surface area (Å²) in [6.07, 6.45) is 3.26. The first-order valence-electron chi connectivity index (χ1n) is 6.21. The van der Waals surface area contributed by atoms with Crippen molar-refractivity contribution in [1.29, 1.82) is 0 Å². The maximum absolute atomic E-state index is 13.9. The number of hydrogen-bond acceptors (Lipinski definition) is 4. The van der Waals surface area contributed by atoms with Crippen molar-refractivity contribution in [2.24, 2.45) is 0 Å². The SMILES string of the molecule is CCOc1ccc(-n2c(N)nc3cnccc32)cc1F. The van der Waals surface area contributed by atoms with Crippen molar-refractivity contribution in [3.63, 3.8) is 0 Å². The highest BCUT2D eigenvalue weighted by atomic mass is 19.1. The molecule has 0 unspecified atom stereocenters. The van der Waals surface area contributed by atoms with E-state index in [9.17, 15) is 4.39 Å². The zero-order valence-electron chi connectivity index (χ0n) is 10.9. The van der Waals surface area contributed by atoms with Crippen LogP contribution in [0.15, 0.2) is 36.7 Å². The molecule has 3 rings (SSSR count). The smallest absolute Gasteiger partial charge is 0.205 e. The Morgan fingerprint density at radius 3 is 2.95 bits per heavy atom. The number of halogens is 1. The van der Waals surface area contributed by atoms with Gasteiger partial charge < -0.3 is 10.5 Å².